The van der Waals surface area contributed by atoms with Gasteiger partial charge >= 0.3 is 5.97 Å². The molecule has 2 aliphatic rings. The van der Waals surface area contributed by atoms with Crippen molar-refractivity contribution < 1.29 is 19.1 Å². The van der Waals surface area contributed by atoms with Crippen LogP contribution in [0.15, 0.2) is 24.3 Å². The molecule has 1 aliphatic carbocycles. The fourth-order valence-corrected chi connectivity index (χ4v) is 4.34. The summed E-state index contributed by atoms with van der Waals surface area (Å²) in [5, 5.41) is 8.62. The van der Waals surface area contributed by atoms with Crippen molar-refractivity contribution >= 4 is 17.8 Å². The molecule has 1 unspecified atom stereocenters. The van der Waals surface area contributed by atoms with E-state index >= 15 is 0 Å². The molecule has 9 heteroatoms. The molecule has 1 atom stereocenters. The number of likely N-dealkylation sites (tertiary alicyclic amines) is 1. The Labute approximate surface area is 187 Å². The SMILES string of the molecule is COC(=O)c1ccccc1CC(=O)N1CCC(N(Cc2nnc(C3CC3)n2C)C(C)=O)C1. The van der Waals surface area contributed by atoms with Crippen molar-refractivity contribution in [2.75, 3.05) is 20.2 Å². The minimum Gasteiger partial charge on any atom is -0.465 e. The van der Waals surface area contributed by atoms with Gasteiger partial charge in [0, 0.05) is 33.0 Å². The molecule has 2 amide bonds. The largest absolute Gasteiger partial charge is 0.465 e. The lowest BCUT2D eigenvalue weighted by atomic mass is 10.0. The first-order chi connectivity index (χ1) is 15.4. The van der Waals surface area contributed by atoms with E-state index in [1.54, 1.807) is 41.0 Å². The molecular formula is C23H29N5O4. The molecule has 2 heterocycles. The Bertz CT molecular complexity index is 1030. The van der Waals surface area contributed by atoms with E-state index in [2.05, 4.69) is 10.2 Å². The number of ether oxygens (including phenoxy) is 1. The van der Waals surface area contributed by atoms with Gasteiger partial charge in [0.2, 0.25) is 11.8 Å². The summed E-state index contributed by atoms with van der Waals surface area (Å²) in [4.78, 5) is 40.9. The van der Waals surface area contributed by atoms with Crippen LogP contribution in [-0.4, -0.2) is 68.6 Å². The third-order valence-corrected chi connectivity index (χ3v) is 6.38. The summed E-state index contributed by atoms with van der Waals surface area (Å²) in [6.07, 6.45) is 3.10. The number of nitrogens with zero attached hydrogens (tertiary/aromatic N) is 5. The molecule has 1 aromatic heterocycles. The van der Waals surface area contributed by atoms with Crippen molar-refractivity contribution in [2.24, 2.45) is 7.05 Å². The van der Waals surface area contributed by atoms with Crippen molar-refractivity contribution in [2.45, 2.75) is 51.1 Å². The van der Waals surface area contributed by atoms with Crippen molar-refractivity contribution in [3.63, 3.8) is 0 Å². The third kappa shape index (κ3) is 4.51. The van der Waals surface area contributed by atoms with E-state index in [-0.39, 0.29) is 24.3 Å². The number of carbonyl (C=O) groups is 3. The van der Waals surface area contributed by atoms with Crippen LogP contribution in [0.3, 0.4) is 0 Å². The van der Waals surface area contributed by atoms with Gasteiger partial charge in [-0.25, -0.2) is 4.79 Å². The number of benzene rings is 1. The second-order valence-corrected chi connectivity index (χ2v) is 8.56. The first-order valence-electron chi connectivity index (χ1n) is 11.0. The van der Waals surface area contributed by atoms with Gasteiger partial charge in [0.25, 0.3) is 0 Å². The highest BCUT2D eigenvalue weighted by Crippen LogP contribution is 2.38. The number of rotatable bonds is 7. The number of esters is 1. The number of methoxy groups -OCH3 is 1. The summed E-state index contributed by atoms with van der Waals surface area (Å²) in [6, 6.07) is 6.91. The molecule has 170 valence electrons. The van der Waals surface area contributed by atoms with Crippen LogP contribution in [0, 0.1) is 0 Å². The van der Waals surface area contributed by atoms with Crippen molar-refractivity contribution in [3.05, 3.63) is 47.0 Å². The molecular weight excluding hydrogens is 410 g/mol. The first-order valence-corrected chi connectivity index (χ1v) is 11.0. The average molecular weight is 440 g/mol. The summed E-state index contributed by atoms with van der Waals surface area (Å²) in [7, 11) is 3.28. The Balaban J connectivity index is 1.42. The summed E-state index contributed by atoms with van der Waals surface area (Å²) < 4.78 is 6.82. The maximum atomic E-state index is 13.0. The molecule has 1 aromatic carbocycles. The lowest BCUT2D eigenvalue weighted by Gasteiger charge is -2.27. The maximum Gasteiger partial charge on any atom is 0.338 e. The van der Waals surface area contributed by atoms with Crippen LogP contribution in [0.2, 0.25) is 0 Å². The molecule has 0 spiro atoms. The van der Waals surface area contributed by atoms with Gasteiger partial charge in [0.1, 0.15) is 5.82 Å². The molecule has 0 radical (unpaired) electrons. The lowest BCUT2D eigenvalue weighted by molar-refractivity contribution is -0.133. The molecule has 0 N–H and O–H groups in total. The molecule has 0 bridgehead atoms. The highest BCUT2D eigenvalue weighted by atomic mass is 16.5. The molecule has 2 fully saturated rings. The normalized spacial score (nSPS) is 18.0. The zero-order chi connectivity index (χ0) is 22.8. The Morgan fingerprint density at radius 3 is 2.59 bits per heavy atom. The Kier molecular flexibility index (Phi) is 6.25. The fourth-order valence-electron chi connectivity index (χ4n) is 4.34. The quantitative estimate of drug-likeness (QED) is 0.609. The number of aromatic nitrogens is 3. The first kappa shape index (κ1) is 22.0. The predicted octanol–water partition coefficient (Wildman–Crippen LogP) is 1.67. The molecule has 1 saturated heterocycles. The van der Waals surface area contributed by atoms with Crippen LogP contribution < -0.4 is 0 Å². The second kappa shape index (κ2) is 9.10. The summed E-state index contributed by atoms with van der Waals surface area (Å²) in [5.74, 6) is 1.66. The van der Waals surface area contributed by atoms with E-state index in [4.69, 9.17) is 4.74 Å². The number of hydrogen-bond acceptors (Lipinski definition) is 6. The molecule has 1 aliphatic heterocycles. The topological polar surface area (TPSA) is 97.6 Å². The Morgan fingerprint density at radius 1 is 1.16 bits per heavy atom. The number of amides is 2. The minimum atomic E-state index is -0.454. The molecule has 2 aromatic rings. The lowest BCUT2D eigenvalue weighted by Crippen LogP contribution is -2.42. The molecule has 9 nitrogen and oxygen atoms in total. The Hall–Kier alpha value is -3.23. The van der Waals surface area contributed by atoms with Gasteiger partial charge in [-0.15, -0.1) is 10.2 Å². The van der Waals surface area contributed by atoms with Crippen LogP contribution in [0.1, 0.15) is 59.7 Å². The molecule has 32 heavy (non-hydrogen) atoms. The fraction of sp³-hybridized carbons (Fsp3) is 0.522. The number of carbonyl (C=O) groups excluding carboxylic acids is 3. The predicted molar refractivity (Wildman–Crippen MR) is 116 cm³/mol. The van der Waals surface area contributed by atoms with Gasteiger partial charge in [-0.2, -0.15) is 0 Å². The Morgan fingerprint density at radius 2 is 1.91 bits per heavy atom. The van der Waals surface area contributed by atoms with E-state index in [1.165, 1.54) is 7.11 Å². The van der Waals surface area contributed by atoms with Crippen LogP contribution in [0.5, 0.6) is 0 Å². The number of hydrogen-bond donors (Lipinski definition) is 0. The van der Waals surface area contributed by atoms with Gasteiger partial charge in [-0.1, -0.05) is 18.2 Å². The van der Waals surface area contributed by atoms with Crippen molar-refractivity contribution in [1.82, 2.24) is 24.6 Å². The van der Waals surface area contributed by atoms with Crippen molar-refractivity contribution in [3.8, 4) is 0 Å². The third-order valence-electron chi connectivity index (χ3n) is 6.38. The minimum absolute atomic E-state index is 0.0451. The van der Waals surface area contributed by atoms with Crippen LogP contribution >= 0.6 is 0 Å². The van der Waals surface area contributed by atoms with E-state index in [9.17, 15) is 14.4 Å². The average Bonchev–Trinajstić information content (AvgIpc) is 3.38. The van der Waals surface area contributed by atoms with E-state index < -0.39 is 5.97 Å². The van der Waals surface area contributed by atoms with Crippen LogP contribution in [-0.2, 0) is 34.3 Å². The summed E-state index contributed by atoms with van der Waals surface area (Å²) in [5.41, 5.74) is 1.04. The van der Waals surface area contributed by atoms with Gasteiger partial charge in [0.05, 0.1) is 31.7 Å². The van der Waals surface area contributed by atoms with E-state index in [0.717, 1.165) is 24.5 Å². The van der Waals surface area contributed by atoms with Gasteiger partial charge in [0.15, 0.2) is 5.82 Å². The van der Waals surface area contributed by atoms with Gasteiger partial charge in [-0.3, -0.25) is 9.59 Å². The van der Waals surface area contributed by atoms with Crippen molar-refractivity contribution in [1.29, 1.82) is 0 Å². The maximum absolute atomic E-state index is 13.0. The zero-order valence-corrected chi connectivity index (χ0v) is 18.8. The summed E-state index contributed by atoms with van der Waals surface area (Å²) in [6.45, 7) is 2.96. The monoisotopic (exact) mass is 439 g/mol. The van der Waals surface area contributed by atoms with E-state index in [0.29, 0.717) is 43.1 Å². The molecule has 4 rings (SSSR count). The smallest absolute Gasteiger partial charge is 0.338 e. The highest BCUT2D eigenvalue weighted by molar-refractivity contribution is 5.93. The van der Waals surface area contributed by atoms with E-state index in [1.807, 2.05) is 11.6 Å². The van der Waals surface area contributed by atoms with Gasteiger partial charge < -0.3 is 19.1 Å². The van der Waals surface area contributed by atoms with Crippen LogP contribution in [0.25, 0.3) is 0 Å². The molecule has 1 saturated carbocycles. The van der Waals surface area contributed by atoms with Gasteiger partial charge in [-0.05, 0) is 30.9 Å². The second-order valence-electron chi connectivity index (χ2n) is 8.56. The standard InChI is InChI=1S/C23H29N5O4/c1-15(29)28(14-20-24-25-22(26(20)2)16-8-9-16)18-10-11-27(13-18)21(30)12-17-6-4-5-7-19(17)23(31)32-3/h4-7,16,18H,8-14H2,1-3H3. The van der Waals surface area contributed by atoms with Crippen LogP contribution in [0.4, 0.5) is 0 Å². The summed E-state index contributed by atoms with van der Waals surface area (Å²) >= 11 is 0. The highest BCUT2D eigenvalue weighted by Gasteiger charge is 2.34. The zero-order valence-electron chi connectivity index (χ0n) is 18.8.